The fourth-order valence-corrected chi connectivity index (χ4v) is 2.33. The molecule has 0 spiro atoms. The van der Waals surface area contributed by atoms with Crippen LogP contribution in [0.25, 0.3) is 0 Å². The quantitative estimate of drug-likeness (QED) is 0.839. The normalized spacial score (nSPS) is 15.5. The zero-order chi connectivity index (χ0) is 12.6. The molecule has 88 valence electrons. The number of carboxylic acids is 1. The summed E-state index contributed by atoms with van der Waals surface area (Å²) < 4.78 is 0.487. The third kappa shape index (κ3) is 2.08. The van der Waals surface area contributed by atoms with Crippen LogP contribution in [0.3, 0.4) is 0 Å². The summed E-state index contributed by atoms with van der Waals surface area (Å²) in [6.45, 7) is -0.0677. The minimum Gasteiger partial charge on any atom is -0.478 e. The van der Waals surface area contributed by atoms with E-state index in [1.54, 1.807) is 12.1 Å². The van der Waals surface area contributed by atoms with Gasteiger partial charge in [-0.25, -0.2) is 4.79 Å². The van der Waals surface area contributed by atoms with Gasteiger partial charge in [-0.05, 0) is 28.1 Å². The number of Topliss-reactive ketones (excluding diaryl/α,β-unsaturated/α-hetero) is 1. The molecule has 1 amide bonds. The van der Waals surface area contributed by atoms with Crippen LogP contribution in [0.4, 0.5) is 5.69 Å². The van der Waals surface area contributed by atoms with Crippen molar-refractivity contribution in [1.82, 2.24) is 0 Å². The number of para-hydroxylation sites is 1. The highest BCUT2D eigenvalue weighted by Gasteiger charge is 2.32. The number of anilines is 1. The Morgan fingerprint density at radius 3 is 2.59 bits per heavy atom. The van der Waals surface area contributed by atoms with E-state index in [2.05, 4.69) is 15.9 Å². The summed E-state index contributed by atoms with van der Waals surface area (Å²) in [5.74, 6) is -1.71. The molecule has 2 rings (SSSR count). The Labute approximate surface area is 105 Å². The molecule has 1 aromatic carbocycles. The van der Waals surface area contributed by atoms with Crippen LogP contribution in [0.15, 0.2) is 22.7 Å². The predicted molar refractivity (Wildman–Crippen MR) is 63.1 cm³/mol. The zero-order valence-corrected chi connectivity index (χ0v) is 10.2. The first-order valence-electron chi connectivity index (χ1n) is 4.84. The van der Waals surface area contributed by atoms with Crippen LogP contribution in [-0.2, 0) is 9.59 Å². The van der Waals surface area contributed by atoms with Crippen molar-refractivity contribution in [3.8, 4) is 0 Å². The lowest BCUT2D eigenvalue weighted by molar-refractivity contribution is -0.121. The van der Waals surface area contributed by atoms with Crippen LogP contribution in [0.5, 0.6) is 0 Å². The van der Waals surface area contributed by atoms with Crippen molar-refractivity contribution >= 4 is 39.3 Å². The predicted octanol–water partition coefficient (Wildman–Crippen LogP) is 1.45. The van der Waals surface area contributed by atoms with Crippen molar-refractivity contribution in [2.75, 3.05) is 11.4 Å². The first-order valence-corrected chi connectivity index (χ1v) is 5.64. The Kier molecular flexibility index (Phi) is 2.97. The van der Waals surface area contributed by atoms with Crippen LogP contribution in [0.1, 0.15) is 16.8 Å². The number of hydrogen-bond donors (Lipinski definition) is 1. The molecule has 0 saturated carbocycles. The average molecular weight is 298 g/mol. The fourth-order valence-electron chi connectivity index (χ4n) is 1.75. The smallest absolute Gasteiger partial charge is 0.337 e. The summed E-state index contributed by atoms with van der Waals surface area (Å²) in [7, 11) is 0. The lowest BCUT2D eigenvalue weighted by Gasteiger charge is -2.18. The minimum absolute atomic E-state index is 0.00225. The standard InChI is InChI=1S/C11H8BrNO4/c12-8-3-1-2-7(11(16)17)10(8)13-5-6(14)4-9(13)15/h1-3H,4-5H2,(H,16,17). The van der Waals surface area contributed by atoms with Gasteiger partial charge in [-0.3, -0.25) is 9.59 Å². The molecular formula is C11H8BrNO4. The minimum atomic E-state index is -1.13. The maximum atomic E-state index is 11.6. The third-order valence-electron chi connectivity index (χ3n) is 2.47. The summed E-state index contributed by atoms with van der Waals surface area (Å²) in [6, 6.07) is 4.61. The first-order chi connectivity index (χ1) is 8.00. The molecule has 1 fully saturated rings. The van der Waals surface area contributed by atoms with Crippen LogP contribution >= 0.6 is 15.9 Å². The second-order valence-corrected chi connectivity index (χ2v) is 4.49. The molecule has 1 heterocycles. The van der Waals surface area contributed by atoms with Gasteiger partial charge in [-0.1, -0.05) is 6.07 Å². The highest BCUT2D eigenvalue weighted by Crippen LogP contribution is 2.32. The van der Waals surface area contributed by atoms with Crippen LogP contribution in [0, 0.1) is 0 Å². The number of carboxylic acid groups (broad SMARTS) is 1. The number of amides is 1. The van der Waals surface area contributed by atoms with Crippen molar-refractivity contribution < 1.29 is 19.5 Å². The lowest BCUT2D eigenvalue weighted by Crippen LogP contribution is -2.27. The summed E-state index contributed by atoms with van der Waals surface area (Å²) >= 11 is 3.20. The second-order valence-electron chi connectivity index (χ2n) is 3.64. The molecule has 0 aliphatic carbocycles. The van der Waals surface area contributed by atoms with E-state index in [-0.39, 0.29) is 35.9 Å². The van der Waals surface area contributed by atoms with E-state index >= 15 is 0 Å². The Hall–Kier alpha value is -1.69. The summed E-state index contributed by atoms with van der Waals surface area (Å²) in [5.41, 5.74) is 0.248. The molecular weight excluding hydrogens is 290 g/mol. The number of halogens is 1. The van der Waals surface area contributed by atoms with E-state index in [0.29, 0.717) is 4.47 Å². The molecule has 1 aliphatic heterocycles. The Bertz CT molecular complexity index is 526. The highest BCUT2D eigenvalue weighted by molar-refractivity contribution is 9.10. The molecule has 0 bridgehead atoms. The molecule has 1 saturated heterocycles. The number of rotatable bonds is 2. The molecule has 1 N–H and O–H groups in total. The van der Waals surface area contributed by atoms with Crippen LogP contribution < -0.4 is 4.90 Å². The van der Waals surface area contributed by atoms with Gasteiger partial charge >= 0.3 is 5.97 Å². The average Bonchev–Trinajstić information content (AvgIpc) is 2.57. The second kappa shape index (κ2) is 4.29. The number of benzene rings is 1. The topological polar surface area (TPSA) is 74.7 Å². The molecule has 0 radical (unpaired) electrons. The van der Waals surface area contributed by atoms with Crippen molar-refractivity contribution in [3.63, 3.8) is 0 Å². The largest absolute Gasteiger partial charge is 0.478 e. The third-order valence-corrected chi connectivity index (χ3v) is 3.11. The van der Waals surface area contributed by atoms with Gasteiger partial charge in [0.1, 0.15) is 0 Å². The molecule has 0 atom stereocenters. The number of aromatic carboxylic acids is 1. The van der Waals surface area contributed by atoms with Gasteiger partial charge in [0, 0.05) is 4.47 Å². The first kappa shape index (κ1) is 11.8. The van der Waals surface area contributed by atoms with E-state index in [1.165, 1.54) is 11.0 Å². The fraction of sp³-hybridized carbons (Fsp3) is 0.182. The molecule has 5 nitrogen and oxygen atoms in total. The van der Waals surface area contributed by atoms with Crippen LogP contribution in [-0.4, -0.2) is 29.3 Å². The SMILES string of the molecule is O=C1CC(=O)N(c2c(Br)cccc2C(=O)O)C1. The monoisotopic (exact) mass is 297 g/mol. The van der Waals surface area contributed by atoms with Gasteiger partial charge in [-0.15, -0.1) is 0 Å². The van der Waals surface area contributed by atoms with Crippen molar-refractivity contribution in [3.05, 3.63) is 28.2 Å². The van der Waals surface area contributed by atoms with E-state index in [1.807, 2.05) is 0 Å². The molecule has 0 aromatic heterocycles. The molecule has 17 heavy (non-hydrogen) atoms. The van der Waals surface area contributed by atoms with Crippen LogP contribution in [0.2, 0.25) is 0 Å². The van der Waals surface area contributed by atoms with Gasteiger partial charge in [-0.2, -0.15) is 0 Å². The maximum Gasteiger partial charge on any atom is 0.337 e. The summed E-state index contributed by atoms with van der Waals surface area (Å²) in [4.78, 5) is 35.1. The van der Waals surface area contributed by atoms with Crippen molar-refractivity contribution in [2.45, 2.75) is 6.42 Å². The van der Waals surface area contributed by atoms with Gasteiger partial charge in [0.05, 0.1) is 24.2 Å². The Morgan fingerprint density at radius 1 is 1.35 bits per heavy atom. The molecule has 6 heteroatoms. The Balaban J connectivity index is 2.54. The van der Waals surface area contributed by atoms with Gasteiger partial charge in [0.25, 0.3) is 0 Å². The van der Waals surface area contributed by atoms with E-state index in [0.717, 1.165) is 0 Å². The molecule has 1 aliphatic rings. The maximum absolute atomic E-state index is 11.6. The molecule has 1 aromatic rings. The number of hydrogen-bond acceptors (Lipinski definition) is 3. The Morgan fingerprint density at radius 2 is 2.06 bits per heavy atom. The highest BCUT2D eigenvalue weighted by atomic mass is 79.9. The van der Waals surface area contributed by atoms with E-state index in [4.69, 9.17) is 5.11 Å². The van der Waals surface area contributed by atoms with Gasteiger partial charge < -0.3 is 10.0 Å². The van der Waals surface area contributed by atoms with Gasteiger partial charge in [0.15, 0.2) is 5.78 Å². The number of nitrogens with zero attached hydrogens (tertiary/aromatic N) is 1. The number of ketones is 1. The number of carbonyl (C=O) groups excluding carboxylic acids is 2. The summed E-state index contributed by atoms with van der Waals surface area (Å²) in [6.07, 6.45) is -0.166. The zero-order valence-electron chi connectivity index (χ0n) is 8.64. The van der Waals surface area contributed by atoms with E-state index < -0.39 is 5.97 Å². The number of carbonyl (C=O) groups is 3. The van der Waals surface area contributed by atoms with Crippen molar-refractivity contribution in [2.24, 2.45) is 0 Å². The van der Waals surface area contributed by atoms with Gasteiger partial charge in [0.2, 0.25) is 5.91 Å². The molecule has 0 unspecified atom stereocenters. The lowest BCUT2D eigenvalue weighted by atomic mass is 10.1. The van der Waals surface area contributed by atoms with Crippen molar-refractivity contribution in [1.29, 1.82) is 0 Å². The van der Waals surface area contributed by atoms with E-state index in [9.17, 15) is 14.4 Å². The summed E-state index contributed by atoms with van der Waals surface area (Å²) in [5, 5.41) is 9.06.